The number of halogens is 1. The number of benzene rings is 1. The summed E-state index contributed by atoms with van der Waals surface area (Å²) in [5.41, 5.74) is 3.54. The SMILES string of the molecule is CCC(C)Oc1cc(C)ccc1CNC(=NC)NCCc1cnn(C)c1.I. The molecule has 0 aliphatic carbocycles. The first-order valence-electron chi connectivity index (χ1n) is 9.20. The van der Waals surface area contributed by atoms with E-state index >= 15 is 0 Å². The number of aryl methyl sites for hydroxylation is 2. The molecule has 2 rings (SSSR count). The van der Waals surface area contributed by atoms with Crippen LogP contribution in [0.5, 0.6) is 5.75 Å². The Morgan fingerprint density at radius 2 is 2.11 bits per heavy atom. The molecular formula is C20H32IN5O. The van der Waals surface area contributed by atoms with Crippen molar-refractivity contribution in [1.29, 1.82) is 0 Å². The highest BCUT2D eigenvalue weighted by Gasteiger charge is 2.09. The lowest BCUT2D eigenvalue weighted by Gasteiger charge is -2.18. The van der Waals surface area contributed by atoms with E-state index in [9.17, 15) is 0 Å². The Kier molecular flexibility index (Phi) is 10.2. The Hall–Kier alpha value is -1.77. The van der Waals surface area contributed by atoms with Gasteiger partial charge in [-0.15, -0.1) is 24.0 Å². The van der Waals surface area contributed by atoms with Gasteiger partial charge in [0.1, 0.15) is 5.75 Å². The molecule has 1 aromatic carbocycles. The summed E-state index contributed by atoms with van der Waals surface area (Å²) in [6, 6.07) is 6.32. The van der Waals surface area contributed by atoms with Gasteiger partial charge in [0, 0.05) is 38.9 Å². The third-order valence-electron chi connectivity index (χ3n) is 4.26. The van der Waals surface area contributed by atoms with Gasteiger partial charge in [-0.2, -0.15) is 5.10 Å². The van der Waals surface area contributed by atoms with E-state index in [0.717, 1.165) is 36.7 Å². The van der Waals surface area contributed by atoms with Crippen LogP contribution < -0.4 is 15.4 Å². The maximum Gasteiger partial charge on any atom is 0.191 e. The van der Waals surface area contributed by atoms with Gasteiger partial charge in [-0.05, 0) is 43.9 Å². The van der Waals surface area contributed by atoms with Crippen molar-refractivity contribution in [2.24, 2.45) is 12.0 Å². The highest BCUT2D eigenvalue weighted by Crippen LogP contribution is 2.22. The van der Waals surface area contributed by atoms with Crippen LogP contribution in [0, 0.1) is 6.92 Å². The molecule has 0 saturated heterocycles. The largest absolute Gasteiger partial charge is 0.490 e. The maximum absolute atomic E-state index is 6.07. The first-order chi connectivity index (χ1) is 12.5. The Labute approximate surface area is 179 Å². The molecule has 0 aliphatic heterocycles. The molecule has 0 amide bonds. The van der Waals surface area contributed by atoms with Crippen molar-refractivity contribution in [3.63, 3.8) is 0 Å². The summed E-state index contributed by atoms with van der Waals surface area (Å²) in [7, 11) is 3.71. The Bertz CT molecular complexity index is 729. The van der Waals surface area contributed by atoms with Gasteiger partial charge in [0.15, 0.2) is 5.96 Å². The van der Waals surface area contributed by atoms with Gasteiger partial charge in [0.25, 0.3) is 0 Å². The number of ether oxygens (including phenoxy) is 1. The molecule has 1 heterocycles. The number of aliphatic imine (C=N–C) groups is 1. The predicted octanol–water partition coefficient (Wildman–Crippen LogP) is 3.43. The number of hydrogen-bond donors (Lipinski definition) is 2. The summed E-state index contributed by atoms with van der Waals surface area (Å²) >= 11 is 0. The molecule has 6 nitrogen and oxygen atoms in total. The Balaban J connectivity index is 0.00000364. The van der Waals surface area contributed by atoms with E-state index in [1.807, 2.05) is 24.1 Å². The first kappa shape index (κ1) is 23.3. The zero-order valence-electron chi connectivity index (χ0n) is 17.0. The van der Waals surface area contributed by atoms with Gasteiger partial charge in [-0.1, -0.05) is 19.1 Å². The van der Waals surface area contributed by atoms with E-state index in [4.69, 9.17) is 4.74 Å². The molecular weight excluding hydrogens is 453 g/mol. The van der Waals surface area contributed by atoms with E-state index in [-0.39, 0.29) is 30.1 Å². The standard InChI is InChI=1S/C20H31N5O.HI/c1-6-16(3)26-19-11-15(2)7-8-18(19)13-23-20(21-4)22-10-9-17-12-24-25(5)14-17;/h7-8,11-12,14,16H,6,9-10,13H2,1-5H3,(H2,21,22,23);1H. The van der Waals surface area contributed by atoms with Crippen molar-refractivity contribution >= 4 is 29.9 Å². The lowest BCUT2D eigenvalue weighted by Crippen LogP contribution is -2.38. The zero-order chi connectivity index (χ0) is 18.9. The second kappa shape index (κ2) is 11.8. The number of hydrogen-bond acceptors (Lipinski definition) is 3. The molecule has 2 aromatic rings. The smallest absolute Gasteiger partial charge is 0.191 e. The van der Waals surface area contributed by atoms with Crippen LogP contribution >= 0.6 is 24.0 Å². The van der Waals surface area contributed by atoms with Gasteiger partial charge in [-0.3, -0.25) is 9.67 Å². The number of aromatic nitrogens is 2. The minimum Gasteiger partial charge on any atom is -0.490 e. The van der Waals surface area contributed by atoms with Crippen LogP contribution in [0.25, 0.3) is 0 Å². The first-order valence-corrected chi connectivity index (χ1v) is 9.20. The normalized spacial score (nSPS) is 12.3. The lowest BCUT2D eigenvalue weighted by molar-refractivity contribution is 0.215. The summed E-state index contributed by atoms with van der Waals surface area (Å²) in [5, 5.41) is 10.9. The Morgan fingerprint density at radius 1 is 1.33 bits per heavy atom. The molecule has 150 valence electrons. The highest BCUT2D eigenvalue weighted by atomic mass is 127. The van der Waals surface area contributed by atoms with E-state index in [1.165, 1.54) is 11.1 Å². The zero-order valence-corrected chi connectivity index (χ0v) is 19.3. The van der Waals surface area contributed by atoms with Crippen LogP contribution in [0.3, 0.4) is 0 Å². The molecule has 0 aliphatic rings. The quantitative estimate of drug-likeness (QED) is 0.342. The number of nitrogens with one attached hydrogen (secondary N) is 2. The fraction of sp³-hybridized carbons (Fsp3) is 0.500. The molecule has 0 spiro atoms. The van der Waals surface area contributed by atoms with Crippen molar-refractivity contribution in [3.05, 3.63) is 47.3 Å². The van der Waals surface area contributed by atoms with Gasteiger partial charge in [0.05, 0.1) is 12.3 Å². The second-order valence-corrected chi connectivity index (χ2v) is 6.57. The van der Waals surface area contributed by atoms with Crippen LogP contribution in [0.4, 0.5) is 0 Å². The molecule has 7 heteroatoms. The van der Waals surface area contributed by atoms with Crippen molar-refractivity contribution < 1.29 is 4.74 Å². The summed E-state index contributed by atoms with van der Waals surface area (Å²) < 4.78 is 7.89. The molecule has 1 unspecified atom stereocenters. The summed E-state index contributed by atoms with van der Waals surface area (Å²) in [6.45, 7) is 7.78. The molecule has 0 bridgehead atoms. The molecule has 1 aromatic heterocycles. The molecule has 27 heavy (non-hydrogen) atoms. The molecule has 0 fully saturated rings. The number of nitrogens with zero attached hydrogens (tertiary/aromatic N) is 3. The van der Waals surface area contributed by atoms with Gasteiger partial charge in [0.2, 0.25) is 0 Å². The number of guanidine groups is 1. The van der Waals surface area contributed by atoms with Gasteiger partial charge in [-0.25, -0.2) is 0 Å². The summed E-state index contributed by atoms with van der Waals surface area (Å²) in [5.74, 6) is 1.72. The van der Waals surface area contributed by atoms with Crippen molar-refractivity contribution in [2.75, 3.05) is 13.6 Å². The molecule has 2 N–H and O–H groups in total. The molecule has 0 radical (unpaired) electrons. The average Bonchev–Trinajstić information content (AvgIpc) is 3.04. The van der Waals surface area contributed by atoms with E-state index in [0.29, 0.717) is 6.54 Å². The Morgan fingerprint density at radius 3 is 2.74 bits per heavy atom. The van der Waals surface area contributed by atoms with E-state index < -0.39 is 0 Å². The monoisotopic (exact) mass is 485 g/mol. The van der Waals surface area contributed by atoms with Gasteiger partial charge < -0.3 is 15.4 Å². The summed E-state index contributed by atoms with van der Waals surface area (Å²) in [4.78, 5) is 4.30. The van der Waals surface area contributed by atoms with E-state index in [2.05, 4.69) is 59.7 Å². The third-order valence-corrected chi connectivity index (χ3v) is 4.26. The fourth-order valence-electron chi connectivity index (χ4n) is 2.54. The predicted molar refractivity (Wildman–Crippen MR) is 122 cm³/mol. The van der Waals surface area contributed by atoms with Crippen LogP contribution in [-0.2, 0) is 20.0 Å². The fourth-order valence-corrected chi connectivity index (χ4v) is 2.54. The minimum absolute atomic E-state index is 0. The topological polar surface area (TPSA) is 63.5 Å². The lowest BCUT2D eigenvalue weighted by atomic mass is 10.1. The maximum atomic E-state index is 6.07. The van der Waals surface area contributed by atoms with Crippen LogP contribution in [-0.4, -0.2) is 35.4 Å². The second-order valence-electron chi connectivity index (χ2n) is 6.57. The van der Waals surface area contributed by atoms with Crippen molar-refractivity contribution in [2.45, 2.75) is 46.3 Å². The number of rotatable bonds is 8. The van der Waals surface area contributed by atoms with Crippen LogP contribution in [0.2, 0.25) is 0 Å². The van der Waals surface area contributed by atoms with Crippen molar-refractivity contribution in [1.82, 2.24) is 20.4 Å². The minimum atomic E-state index is 0. The highest BCUT2D eigenvalue weighted by molar-refractivity contribution is 14.0. The average molecular weight is 485 g/mol. The van der Waals surface area contributed by atoms with Gasteiger partial charge >= 0.3 is 0 Å². The van der Waals surface area contributed by atoms with E-state index in [1.54, 1.807) is 7.05 Å². The van der Waals surface area contributed by atoms with Crippen molar-refractivity contribution in [3.8, 4) is 5.75 Å². The molecule has 0 saturated carbocycles. The summed E-state index contributed by atoms with van der Waals surface area (Å²) in [6.07, 6.45) is 6.01. The third kappa shape index (κ3) is 7.78. The van der Waals surface area contributed by atoms with Crippen LogP contribution in [0.1, 0.15) is 37.0 Å². The van der Waals surface area contributed by atoms with Crippen LogP contribution in [0.15, 0.2) is 35.6 Å². The molecule has 1 atom stereocenters.